The van der Waals surface area contributed by atoms with Crippen molar-refractivity contribution in [3.05, 3.63) is 65.4 Å². The van der Waals surface area contributed by atoms with Crippen LogP contribution in [0.3, 0.4) is 0 Å². The largest absolute Gasteiger partial charge is 0.456 e. The molecule has 0 aliphatic carbocycles. The van der Waals surface area contributed by atoms with Crippen molar-refractivity contribution in [1.82, 2.24) is 9.97 Å². The van der Waals surface area contributed by atoms with Crippen LogP contribution in [0.4, 0.5) is 11.6 Å². The molecule has 2 N–H and O–H groups in total. The second kappa shape index (κ2) is 8.05. The lowest BCUT2D eigenvalue weighted by atomic mass is 10.3. The van der Waals surface area contributed by atoms with E-state index >= 15 is 0 Å². The van der Waals surface area contributed by atoms with Gasteiger partial charge in [0.05, 0.1) is 0 Å². The van der Waals surface area contributed by atoms with Crippen molar-refractivity contribution in [3.8, 4) is 0 Å². The summed E-state index contributed by atoms with van der Waals surface area (Å²) >= 11 is 1.41. The Hall–Kier alpha value is -2.80. The number of aryl methyl sites for hydroxylation is 3. The van der Waals surface area contributed by atoms with Crippen LogP contribution in [0.15, 0.2) is 51.8 Å². The van der Waals surface area contributed by atoms with Gasteiger partial charge >= 0.3 is 0 Å². The maximum Gasteiger partial charge on any atom is 0.291 e. The number of rotatable bonds is 6. The topological polar surface area (TPSA) is 80.0 Å². The van der Waals surface area contributed by atoms with Crippen molar-refractivity contribution in [2.45, 2.75) is 32.1 Å². The summed E-state index contributed by atoms with van der Waals surface area (Å²) in [5.74, 6) is 1.43. The summed E-state index contributed by atoms with van der Waals surface area (Å²) in [7, 11) is 0. The van der Waals surface area contributed by atoms with Crippen LogP contribution in [0.25, 0.3) is 0 Å². The number of nitrogens with zero attached hydrogens (tertiary/aromatic N) is 2. The second-order valence-electron chi connectivity index (χ2n) is 5.78. The lowest BCUT2D eigenvalue weighted by Crippen LogP contribution is -2.10. The normalized spacial score (nSPS) is 10.6. The summed E-state index contributed by atoms with van der Waals surface area (Å²) in [6.07, 6.45) is 0.760. The van der Waals surface area contributed by atoms with Crippen LogP contribution in [0.1, 0.15) is 34.6 Å². The van der Waals surface area contributed by atoms with E-state index in [0.717, 1.165) is 28.5 Å². The number of benzene rings is 1. The molecule has 0 saturated carbocycles. The first-order chi connectivity index (χ1) is 12.5. The van der Waals surface area contributed by atoms with Gasteiger partial charge < -0.3 is 9.73 Å². The molecule has 134 valence electrons. The van der Waals surface area contributed by atoms with Crippen LogP contribution < -0.4 is 10.0 Å². The number of carbonyl (C=O) groups excluding carboxylic acids is 1. The van der Waals surface area contributed by atoms with Crippen molar-refractivity contribution in [3.63, 3.8) is 0 Å². The average molecular weight is 368 g/mol. The predicted octanol–water partition coefficient (Wildman–Crippen LogP) is 4.62. The SMILES string of the molecule is CCc1ccc(C(=O)Nc2ccc(SNc3nc(C)cc(C)n3)cc2)o1. The van der Waals surface area contributed by atoms with Crippen LogP contribution in [-0.4, -0.2) is 15.9 Å². The van der Waals surface area contributed by atoms with Gasteiger partial charge in [-0.2, -0.15) is 0 Å². The molecule has 3 aromatic rings. The quantitative estimate of drug-likeness (QED) is 0.618. The Morgan fingerprint density at radius 3 is 2.38 bits per heavy atom. The van der Waals surface area contributed by atoms with Crippen LogP contribution >= 0.6 is 11.9 Å². The average Bonchev–Trinajstić information content (AvgIpc) is 3.10. The highest BCUT2D eigenvalue weighted by Crippen LogP contribution is 2.22. The Morgan fingerprint density at radius 2 is 1.77 bits per heavy atom. The fourth-order valence-corrected chi connectivity index (χ4v) is 2.94. The highest BCUT2D eigenvalue weighted by molar-refractivity contribution is 8.00. The first-order valence-corrected chi connectivity index (χ1v) is 9.10. The molecule has 6 nitrogen and oxygen atoms in total. The summed E-state index contributed by atoms with van der Waals surface area (Å²) in [6, 6.07) is 12.9. The summed E-state index contributed by atoms with van der Waals surface area (Å²) < 4.78 is 8.59. The lowest BCUT2D eigenvalue weighted by Gasteiger charge is -2.07. The molecule has 3 rings (SSSR count). The monoisotopic (exact) mass is 368 g/mol. The second-order valence-corrected chi connectivity index (χ2v) is 6.66. The molecule has 7 heteroatoms. The maximum absolute atomic E-state index is 12.2. The van der Waals surface area contributed by atoms with Crippen molar-refractivity contribution in [2.75, 3.05) is 10.0 Å². The van der Waals surface area contributed by atoms with Gasteiger partial charge in [-0.15, -0.1) is 0 Å². The highest BCUT2D eigenvalue weighted by Gasteiger charge is 2.11. The van der Waals surface area contributed by atoms with Gasteiger partial charge in [-0.25, -0.2) is 9.97 Å². The number of carbonyl (C=O) groups is 1. The first-order valence-electron chi connectivity index (χ1n) is 8.29. The third-order valence-electron chi connectivity index (χ3n) is 3.59. The molecule has 26 heavy (non-hydrogen) atoms. The molecule has 0 spiro atoms. The number of hydrogen-bond acceptors (Lipinski definition) is 6. The Bertz CT molecular complexity index is 886. The van der Waals surface area contributed by atoms with Crippen molar-refractivity contribution in [2.24, 2.45) is 0 Å². The van der Waals surface area contributed by atoms with Crippen molar-refractivity contribution in [1.29, 1.82) is 0 Å². The molecule has 0 aliphatic rings. The predicted molar refractivity (Wildman–Crippen MR) is 103 cm³/mol. The lowest BCUT2D eigenvalue weighted by molar-refractivity contribution is 0.0995. The standard InChI is InChI=1S/C19H20N4O2S/c1-4-15-7-10-17(25-15)18(24)22-14-5-8-16(9-6-14)26-23-19-20-12(2)11-13(3)21-19/h5-11H,4H2,1-3H3,(H,22,24)(H,20,21,23). The molecule has 0 radical (unpaired) electrons. The molecule has 2 heterocycles. The maximum atomic E-state index is 12.2. The van der Waals surface area contributed by atoms with Gasteiger partial charge in [0.25, 0.3) is 5.91 Å². The molecular formula is C19H20N4O2S. The van der Waals surface area contributed by atoms with Crippen LogP contribution in [0, 0.1) is 13.8 Å². The van der Waals surface area contributed by atoms with Crippen LogP contribution in [-0.2, 0) is 6.42 Å². The van der Waals surface area contributed by atoms with Crippen LogP contribution in [0.2, 0.25) is 0 Å². The first kappa shape index (κ1) is 18.0. The summed E-state index contributed by atoms with van der Waals surface area (Å²) in [6.45, 7) is 5.85. The molecule has 0 fully saturated rings. The number of nitrogens with one attached hydrogen (secondary N) is 2. The fraction of sp³-hybridized carbons (Fsp3) is 0.211. The van der Waals surface area contributed by atoms with E-state index in [9.17, 15) is 4.79 Å². The molecule has 0 atom stereocenters. The summed E-state index contributed by atoms with van der Waals surface area (Å²) in [5.41, 5.74) is 2.54. The van der Waals surface area contributed by atoms with Gasteiger partial charge in [-0.1, -0.05) is 6.92 Å². The number of furan rings is 1. The van der Waals surface area contributed by atoms with Gasteiger partial charge in [-0.3, -0.25) is 9.52 Å². The molecule has 0 aliphatic heterocycles. The molecular weight excluding hydrogens is 348 g/mol. The van der Waals surface area contributed by atoms with Gasteiger partial charge in [-0.05, 0) is 68.3 Å². The Balaban J connectivity index is 1.58. The molecule has 0 saturated heterocycles. The minimum absolute atomic E-state index is 0.258. The van der Waals surface area contributed by atoms with Crippen molar-refractivity contribution >= 4 is 29.5 Å². The van der Waals surface area contributed by atoms with Gasteiger partial charge in [0, 0.05) is 28.4 Å². The Kier molecular flexibility index (Phi) is 5.58. The minimum Gasteiger partial charge on any atom is -0.456 e. The molecule has 0 unspecified atom stereocenters. The Morgan fingerprint density at radius 1 is 1.08 bits per heavy atom. The third-order valence-corrected chi connectivity index (χ3v) is 4.38. The zero-order valence-corrected chi connectivity index (χ0v) is 15.7. The van der Waals surface area contributed by atoms with Crippen molar-refractivity contribution < 1.29 is 9.21 Å². The van der Waals surface area contributed by atoms with E-state index in [0.29, 0.717) is 17.4 Å². The molecule has 2 aromatic heterocycles. The van der Waals surface area contributed by atoms with Gasteiger partial charge in [0.15, 0.2) is 5.76 Å². The van der Waals surface area contributed by atoms with E-state index in [1.54, 1.807) is 6.07 Å². The number of hydrogen-bond donors (Lipinski definition) is 2. The third kappa shape index (κ3) is 4.64. The van der Waals surface area contributed by atoms with E-state index in [2.05, 4.69) is 20.0 Å². The van der Waals surface area contributed by atoms with E-state index in [4.69, 9.17) is 4.42 Å². The smallest absolute Gasteiger partial charge is 0.291 e. The number of anilines is 2. The van der Waals surface area contributed by atoms with E-state index in [1.807, 2.05) is 57.2 Å². The van der Waals surface area contributed by atoms with Crippen LogP contribution in [0.5, 0.6) is 0 Å². The van der Waals surface area contributed by atoms with E-state index in [-0.39, 0.29) is 5.91 Å². The minimum atomic E-state index is -0.258. The molecule has 1 amide bonds. The Labute approximate surface area is 156 Å². The van der Waals surface area contributed by atoms with Gasteiger partial charge in [0.2, 0.25) is 5.95 Å². The summed E-state index contributed by atoms with van der Waals surface area (Å²) in [4.78, 5) is 21.8. The summed E-state index contributed by atoms with van der Waals surface area (Å²) in [5, 5.41) is 2.82. The number of amides is 1. The van der Waals surface area contributed by atoms with E-state index < -0.39 is 0 Å². The zero-order chi connectivity index (χ0) is 18.5. The van der Waals surface area contributed by atoms with E-state index in [1.165, 1.54) is 11.9 Å². The fourth-order valence-electron chi connectivity index (χ4n) is 2.37. The zero-order valence-electron chi connectivity index (χ0n) is 14.9. The number of aromatic nitrogens is 2. The highest BCUT2D eigenvalue weighted by atomic mass is 32.2. The molecule has 1 aromatic carbocycles. The van der Waals surface area contributed by atoms with Gasteiger partial charge in [0.1, 0.15) is 5.76 Å². The molecule has 0 bridgehead atoms.